The van der Waals surface area contributed by atoms with E-state index in [1.54, 1.807) is 12.1 Å². The second-order valence-electron chi connectivity index (χ2n) is 3.66. The van der Waals surface area contributed by atoms with E-state index >= 15 is 0 Å². The molecule has 1 aromatic rings. The maximum atomic E-state index is 11.8. The molecule has 92 valence electrons. The Morgan fingerprint density at radius 3 is 2.35 bits per heavy atom. The van der Waals surface area contributed by atoms with Gasteiger partial charge in [-0.3, -0.25) is 9.59 Å². The van der Waals surface area contributed by atoms with Gasteiger partial charge in [-0.25, -0.2) is 0 Å². The summed E-state index contributed by atoms with van der Waals surface area (Å²) < 4.78 is 5.11. The summed E-state index contributed by atoms with van der Waals surface area (Å²) in [4.78, 5) is 22.7. The van der Waals surface area contributed by atoms with Gasteiger partial charge in [0.05, 0.1) is 0 Å². The number of hydrogen-bond acceptors (Lipinski definition) is 3. The third-order valence-electron chi connectivity index (χ3n) is 2.36. The number of primary amides is 1. The highest BCUT2D eigenvalue weighted by molar-refractivity contribution is 5.88. The Labute approximate surface area is 99.9 Å². The Kier molecular flexibility index (Phi) is 4.66. The van der Waals surface area contributed by atoms with E-state index in [2.05, 4.69) is 5.32 Å². The summed E-state index contributed by atoms with van der Waals surface area (Å²) in [5.41, 5.74) is 5.80. The van der Waals surface area contributed by atoms with E-state index in [4.69, 9.17) is 10.5 Å². The van der Waals surface area contributed by atoms with Gasteiger partial charge in [-0.1, -0.05) is 30.3 Å². The van der Waals surface area contributed by atoms with Gasteiger partial charge in [0.15, 0.2) is 6.10 Å². The average Bonchev–Trinajstić information content (AvgIpc) is 2.31. The fourth-order valence-corrected chi connectivity index (χ4v) is 1.38. The first-order valence-corrected chi connectivity index (χ1v) is 5.23. The van der Waals surface area contributed by atoms with E-state index in [1.807, 2.05) is 18.2 Å². The van der Waals surface area contributed by atoms with Crippen LogP contribution in [0.3, 0.4) is 0 Å². The number of amides is 2. The van der Waals surface area contributed by atoms with Crippen LogP contribution in [0.1, 0.15) is 18.6 Å². The van der Waals surface area contributed by atoms with Crippen LogP contribution in [-0.4, -0.2) is 25.0 Å². The Bertz CT molecular complexity index is 392. The van der Waals surface area contributed by atoms with Crippen molar-refractivity contribution < 1.29 is 14.3 Å². The molecular formula is C12H16N2O3. The number of carbonyl (C=O) groups is 2. The topological polar surface area (TPSA) is 81.4 Å². The van der Waals surface area contributed by atoms with Gasteiger partial charge < -0.3 is 15.8 Å². The number of ether oxygens (including phenoxy) is 1. The Morgan fingerprint density at radius 1 is 1.29 bits per heavy atom. The van der Waals surface area contributed by atoms with Gasteiger partial charge in [0.1, 0.15) is 6.04 Å². The Balaban J connectivity index is 2.75. The smallest absolute Gasteiger partial charge is 0.254 e. The molecule has 5 nitrogen and oxygen atoms in total. The quantitative estimate of drug-likeness (QED) is 0.774. The van der Waals surface area contributed by atoms with Gasteiger partial charge in [-0.05, 0) is 12.5 Å². The highest BCUT2D eigenvalue weighted by atomic mass is 16.5. The molecule has 2 atom stereocenters. The molecule has 0 aliphatic rings. The zero-order chi connectivity index (χ0) is 12.8. The lowest BCUT2D eigenvalue weighted by Gasteiger charge is -2.17. The van der Waals surface area contributed by atoms with Crippen molar-refractivity contribution >= 4 is 11.8 Å². The molecule has 0 spiro atoms. The van der Waals surface area contributed by atoms with Gasteiger partial charge in [-0.2, -0.15) is 0 Å². The number of nitrogens with two attached hydrogens (primary N) is 1. The molecule has 17 heavy (non-hydrogen) atoms. The molecule has 0 bridgehead atoms. The number of rotatable bonds is 5. The van der Waals surface area contributed by atoms with E-state index in [0.29, 0.717) is 0 Å². The van der Waals surface area contributed by atoms with Crippen molar-refractivity contribution in [3.63, 3.8) is 0 Å². The highest BCUT2D eigenvalue weighted by Crippen LogP contribution is 2.16. The minimum atomic E-state index is -0.738. The maximum absolute atomic E-state index is 11.8. The highest BCUT2D eigenvalue weighted by Gasteiger charge is 2.22. The molecule has 1 rings (SSSR count). The molecule has 0 aliphatic carbocycles. The second-order valence-corrected chi connectivity index (χ2v) is 3.66. The number of methoxy groups -OCH3 is 1. The fraction of sp³-hybridized carbons (Fsp3) is 0.333. The summed E-state index contributed by atoms with van der Waals surface area (Å²) in [6.45, 7) is 1.53. The summed E-state index contributed by atoms with van der Waals surface area (Å²) in [5, 5.41) is 2.49. The fourth-order valence-electron chi connectivity index (χ4n) is 1.38. The average molecular weight is 236 g/mol. The van der Waals surface area contributed by atoms with Crippen LogP contribution in [0.5, 0.6) is 0 Å². The van der Waals surface area contributed by atoms with Crippen molar-refractivity contribution in [2.45, 2.75) is 19.1 Å². The van der Waals surface area contributed by atoms with Crippen LogP contribution in [0.15, 0.2) is 30.3 Å². The number of benzene rings is 1. The van der Waals surface area contributed by atoms with E-state index in [-0.39, 0.29) is 5.91 Å². The normalized spacial score (nSPS) is 13.8. The molecule has 0 saturated carbocycles. The molecule has 0 heterocycles. The third kappa shape index (κ3) is 3.57. The maximum Gasteiger partial charge on any atom is 0.254 e. The lowest BCUT2D eigenvalue weighted by atomic mass is 10.1. The van der Waals surface area contributed by atoms with Gasteiger partial charge in [-0.15, -0.1) is 0 Å². The van der Waals surface area contributed by atoms with Crippen LogP contribution < -0.4 is 11.1 Å². The molecule has 5 heteroatoms. The van der Waals surface area contributed by atoms with E-state index in [1.165, 1.54) is 14.0 Å². The molecule has 3 N–H and O–H groups in total. The third-order valence-corrected chi connectivity index (χ3v) is 2.36. The number of nitrogens with one attached hydrogen (secondary N) is 1. The first kappa shape index (κ1) is 13.2. The first-order chi connectivity index (χ1) is 8.06. The molecule has 0 fully saturated rings. The monoisotopic (exact) mass is 236 g/mol. The minimum Gasteiger partial charge on any atom is -0.368 e. The molecule has 0 aromatic heterocycles. The summed E-state index contributed by atoms with van der Waals surface area (Å²) >= 11 is 0. The first-order valence-electron chi connectivity index (χ1n) is 5.23. The van der Waals surface area contributed by atoms with Crippen molar-refractivity contribution in [3.05, 3.63) is 35.9 Å². The molecule has 0 aliphatic heterocycles. The van der Waals surface area contributed by atoms with Crippen LogP contribution in [0.4, 0.5) is 0 Å². The van der Waals surface area contributed by atoms with Gasteiger partial charge in [0, 0.05) is 7.11 Å². The molecule has 0 unspecified atom stereocenters. The predicted molar refractivity (Wildman–Crippen MR) is 63.0 cm³/mol. The molecule has 1 aromatic carbocycles. The zero-order valence-electron chi connectivity index (χ0n) is 9.84. The van der Waals surface area contributed by atoms with Crippen molar-refractivity contribution in [1.82, 2.24) is 5.32 Å². The molecule has 2 amide bonds. The van der Waals surface area contributed by atoms with Crippen LogP contribution in [0.25, 0.3) is 0 Å². The lowest BCUT2D eigenvalue weighted by Crippen LogP contribution is -2.44. The van der Waals surface area contributed by atoms with Crippen LogP contribution in [-0.2, 0) is 14.3 Å². The second kappa shape index (κ2) is 6.00. The standard InChI is InChI=1S/C12H16N2O3/c1-8(11(13)15)14-12(16)10(17-2)9-6-4-3-5-7-9/h3-8,10H,1-2H3,(H2,13,15)(H,14,16)/t8-,10-/m1/s1. The predicted octanol–water partition coefficient (Wildman–Crippen LogP) is 0.364. The van der Waals surface area contributed by atoms with Gasteiger partial charge in [0.25, 0.3) is 5.91 Å². The summed E-state index contributed by atoms with van der Waals surface area (Å²) in [7, 11) is 1.44. The molecule has 0 saturated heterocycles. The SMILES string of the molecule is CO[C@@H](C(=O)N[C@H](C)C(N)=O)c1ccccc1. The molecular weight excluding hydrogens is 220 g/mol. The zero-order valence-corrected chi connectivity index (χ0v) is 9.84. The number of hydrogen-bond donors (Lipinski definition) is 2. The van der Waals surface area contributed by atoms with Gasteiger partial charge in [0.2, 0.25) is 5.91 Å². The Morgan fingerprint density at radius 2 is 1.88 bits per heavy atom. The van der Waals surface area contributed by atoms with Crippen molar-refractivity contribution in [1.29, 1.82) is 0 Å². The number of carbonyl (C=O) groups excluding carboxylic acids is 2. The van der Waals surface area contributed by atoms with E-state index < -0.39 is 18.1 Å². The largest absolute Gasteiger partial charge is 0.368 e. The van der Waals surface area contributed by atoms with Crippen LogP contribution in [0, 0.1) is 0 Å². The Hall–Kier alpha value is -1.88. The van der Waals surface area contributed by atoms with Crippen molar-refractivity contribution in [3.8, 4) is 0 Å². The van der Waals surface area contributed by atoms with E-state index in [0.717, 1.165) is 5.56 Å². The van der Waals surface area contributed by atoms with E-state index in [9.17, 15) is 9.59 Å². The van der Waals surface area contributed by atoms with Crippen molar-refractivity contribution in [2.24, 2.45) is 5.73 Å². The summed E-state index contributed by atoms with van der Waals surface area (Å²) in [6, 6.07) is 8.31. The summed E-state index contributed by atoms with van der Waals surface area (Å²) in [5.74, 6) is -0.966. The summed E-state index contributed by atoms with van der Waals surface area (Å²) in [6.07, 6.45) is -0.738. The van der Waals surface area contributed by atoms with Crippen molar-refractivity contribution in [2.75, 3.05) is 7.11 Å². The lowest BCUT2D eigenvalue weighted by molar-refractivity contribution is -0.134. The molecule has 0 radical (unpaired) electrons. The van der Waals surface area contributed by atoms with Crippen LogP contribution >= 0.6 is 0 Å². The van der Waals surface area contributed by atoms with Gasteiger partial charge >= 0.3 is 0 Å². The van der Waals surface area contributed by atoms with Crippen LogP contribution in [0.2, 0.25) is 0 Å². The minimum absolute atomic E-state index is 0.384.